The SMILES string of the molecule is O=CC1(Cc2cscn2)CCCO1. The van der Waals surface area contributed by atoms with Crippen molar-refractivity contribution in [3.05, 3.63) is 16.6 Å². The lowest BCUT2D eigenvalue weighted by atomic mass is 9.96. The number of carbonyl (C=O) groups excluding carboxylic acids is 1. The average Bonchev–Trinajstić information content (AvgIpc) is 2.77. The topological polar surface area (TPSA) is 39.2 Å². The van der Waals surface area contributed by atoms with Crippen molar-refractivity contribution in [2.75, 3.05) is 6.61 Å². The summed E-state index contributed by atoms with van der Waals surface area (Å²) < 4.78 is 5.46. The molecule has 13 heavy (non-hydrogen) atoms. The molecule has 2 rings (SSSR count). The van der Waals surface area contributed by atoms with Gasteiger partial charge in [-0.15, -0.1) is 11.3 Å². The van der Waals surface area contributed by atoms with E-state index in [9.17, 15) is 4.79 Å². The van der Waals surface area contributed by atoms with Crippen LogP contribution in [0.1, 0.15) is 18.5 Å². The van der Waals surface area contributed by atoms with Crippen LogP contribution in [-0.2, 0) is 16.0 Å². The molecule has 0 bridgehead atoms. The van der Waals surface area contributed by atoms with Crippen molar-refractivity contribution in [2.24, 2.45) is 0 Å². The van der Waals surface area contributed by atoms with E-state index in [0.29, 0.717) is 13.0 Å². The monoisotopic (exact) mass is 197 g/mol. The number of thiazole rings is 1. The molecule has 0 spiro atoms. The van der Waals surface area contributed by atoms with Gasteiger partial charge in [-0.3, -0.25) is 0 Å². The average molecular weight is 197 g/mol. The number of aromatic nitrogens is 1. The van der Waals surface area contributed by atoms with Gasteiger partial charge >= 0.3 is 0 Å². The molecule has 1 unspecified atom stereocenters. The Morgan fingerprint density at radius 3 is 3.23 bits per heavy atom. The highest BCUT2D eigenvalue weighted by Gasteiger charge is 2.35. The predicted octanol–water partition coefficient (Wildman–Crippen LogP) is 1.43. The summed E-state index contributed by atoms with van der Waals surface area (Å²) in [6, 6.07) is 0. The lowest BCUT2D eigenvalue weighted by Crippen LogP contribution is -2.32. The van der Waals surface area contributed by atoms with Crippen LogP contribution < -0.4 is 0 Å². The van der Waals surface area contributed by atoms with E-state index in [1.165, 1.54) is 0 Å². The second-order valence-corrected chi connectivity index (χ2v) is 4.01. The molecule has 0 aliphatic carbocycles. The van der Waals surface area contributed by atoms with Crippen LogP contribution in [0.15, 0.2) is 10.9 Å². The van der Waals surface area contributed by atoms with Crippen molar-refractivity contribution >= 4 is 17.6 Å². The summed E-state index contributed by atoms with van der Waals surface area (Å²) in [7, 11) is 0. The highest BCUT2D eigenvalue weighted by molar-refractivity contribution is 7.07. The van der Waals surface area contributed by atoms with Crippen LogP contribution in [0.5, 0.6) is 0 Å². The van der Waals surface area contributed by atoms with Gasteiger partial charge < -0.3 is 9.53 Å². The maximum absolute atomic E-state index is 10.9. The first-order chi connectivity index (χ1) is 6.35. The molecule has 0 amide bonds. The number of nitrogens with zero attached hydrogens (tertiary/aromatic N) is 1. The molecule has 1 aliphatic heterocycles. The zero-order chi connectivity index (χ0) is 9.15. The largest absolute Gasteiger partial charge is 0.367 e. The van der Waals surface area contributed by atoms with Crippen LogP contribution in [0.25, 0.3) is 0 Å². The van der Waals surface area contributed by atoms with Gasteiger partial charge in [0, 0.05) is 18.4 Å². The highest BCUT2D eigenvalue weighted by atomic mass is 32.1. The van der Waals surface area contributed by atoms with E-state index in [-0.39, 0.29) is 0 Å². The minimum Gasteiger partial charge on any atom is -0.367 e. The van der Waals surface area contributed by atoms with Crippen LogP contribution in [0, 0.1) is 0 Å². The summed E-state index contributed by atoms with van der Waals surface area (Å²) in [5.41, 5.74) is 2.16. The Balaban J connectivity index is 2.10. The Morgan fingerprint density at radius 1 is 1.77 bits per heavy atom. The van der Waals surface area contributed by atoms with Crippen molar-refractivity contribution in [3.8, 4) is 0 Å². The molecule has 2 heterocycles. The predicted molar refractivity (Wildman–Crippen MR) is 49.8 cm³/mol. The summed E-state index contributed by atoms with van der Waals surface area (Å²) >= 11 is 1.55. The van der Waals surface area contributed by atoms with E-state index < -0.39 is 5.60 Å². The van der Waals surface area contributed by atoms with Crippen molar-refractivity contribution in [3.63, 3.8) is 0 Å². The van der Waals surface area contributed by atoms with E-state index >= 15 is 0 Å². The number of aldehydes is 1. The normalized spacial score (nSPS) is 27.7. The molecule has 4 heteroatoms. The third-order valence-corrected chi connectivity index (χ3v) is 2.95. The number of hydrogen-bond acceptors (Lipinski definition) is 4. The molecule has 0 radical (unpaired) electrons. The number of ether oxygens (including phenoxy) is 1. The fourth-order valence-corrected chi connectivity index (χ4v) is 2.18. The van der Waals surface area contributed by atoms with E-state index in [2.05, 4.69) is 4.98 Å². The van der Waals surface area contributed by atoms with E-state index in [0.717, 1.165) is 24.8 Å². The quantitative estimate of drug-likeness (QED) is 0.688. The van der Waals surface area contributed by atoms with Gasteiger partial charge in [0.05, 0.1) is 11.2 Å². The van der Waals surface area contributed by atoms with Crippen LogP contribution in [0.2, 0.25) is 0 Å². The van der Waals surface area contributed by atoms with Gasteiger partial charge in [0.15, 0.2) is 6.29 Å². The van der Waals surface area contributed by atoms with E-state index in [4.69, 9.17) is 4.74 Å². The summed E-state index contributed by atoms with van der Waals surface area (Å²) in [5, 5.41) is 1.97. The molecule has 1 aliphatic rings. The van der Waals surface area contributed by atoms with Gasteiger partial charge in [-0.25, -0.2) is 4.98 Å². The van der Waals surface area contributed by atoms with Crippen LogP contribution >= 0.6 is 11.3 Å². The maximum atomic E-state index is 10.9. The van der Waals surface area contributed by atoms with Crippen molar-refractivity contribution < 1.29 is 9.53 Å². The fraction of sp³-hybridized carbons (Fsp3) is 0.556. The fourth-order valence-electron chi connectivity index (χ4n) is 1.62. The number of hydrogen-bond donors (Lipinski definition) is 0. The standard InChI is InChI=1S/C9H11NO2S/c11-6-9(2-1-3-12-9)4-8-5-13-7-10-8/h5-7H,1-4H2. The molecule has 1 saturated heterocycles. The summed E-state index contributed by atoms with van der Waals surface area (Å²) in [4.78, 5) is 15.1. The Morgan fingerprint density at radius 2 is 2.69 bits per heavy atom. The Kier molecular flexibility index (Phi) is 2.42. The van der Waals surface area contributed by atoms with Crippen LogP contribution in [-0.4, -0.2) is 23.5 Å². The van der Waals surface area contributed by atoms with Crippen molar-refractivity contribution in [1.82, 2.24) is 4.98 Å². The third kappa shape index (κ3) is 1.78. The first kappa shape index (κ1) is 8.84. The Hall–Kier alpha value is -0.740. The van der Waals surface area contributed by atoms with Gasteiger partial charge in [0.2, 0.25) is 0 Å². The third-order valence-electron chi connectivity index (χ3n) is 2.31. The molecule has 0 aromatic carbocycles. The van der Waals surface area contributed by atoms with Gasteiger partial charge in [-0.05, 0) is 12.8 Å². The second kappa shape index (κ2) is 3.55. The minimum atomic E-state index is -0.575. The van der Waals surface area contributed by atoms with Gasteiger partial charge in [-0.2, -0.15) is 0 Å². The first-order valence-electron chi connectivity index (χ1n) is 4.32. The van der Waals surface area contributed by atoms with Crippen molar-refractivity contribution in [2.45, 2.75) is 24.9 Å². The maximum Gasteiger partial charge on any atom is 0.152 e. The number of carbonyl (C=O) groups is 1. The smallest absolute Gasteiger partial charge is 0.152 e. The van der Waals surface area contributed by atoms with Gasteiger partial charge in [-0.1, -0.05) is 0 Å². The molecule has 3 nitrogen and oxygen atoms in total. The Labute approximate surface area is 80.8 Å². The van der Waals surface area contributed by atoms with E-state index in [1.807, 2.05) is 5.38 Å². The molecule has 1 fully saturated rings. The van der Waals surface area contributed by atoms with Crippen LogP contribution in [0.3, 0.4) is 0 Å². The zero-order valence-corrected chi connectivity index (χ0v) is 8.05. The minimum absolute atomic E-state index is 0.575. The molecular weight excluding hydrogens is 186 g/mol. The lowest BCUT2D eigenvalue weighted by molar-refractivity contribution is -0.125. The zero-order valence-electron chi connectivity index (χ0n) is 7.23. The summed E-state index contributed by atoms with van der Waals surface area (Å²) in [5.74, 6) is 0. The van der Waals surface area contributed by atoms with Crippen LogP contribution in [0.4, 0.5) is 0 Å². The molecule has 0 N–H and O–H groups in total. The first-order valence-corrected chi connectivity index (χ1v) is 5.26. The summed E-state index contributed by atoms with van der Waals surface area (Å²) in [6.07, 6.45) is 3.36. The van der Waals surface area contributed by atoms with Crippen molar-refractivity contribution in [1.29, 1.82) is 0 Å². The molecule has 0 saturated carbocycles. The molecular formula is C9H11NO2S. The Bertz CT molecular complexity index is 278. The molecule has 1 atom stereocenters. The second-order valence-electron chi connectivity index (χ2n) is 3.29. The lowest BCUT2D eigenvalue weighted by Gasteiger charge is -2.19. The number of rotatable bonds is 3. The molecule has 1 aromatic heterocycles. The van der Waals surface area contributed by atoms with Gasteiger partial charge in [0.25, 0.3) is 0 Å². The van der Waals surface area contributed by atoms with Gasteiger partial charge in [0.1, 0.15) is 5.60 Å². The highest BCUT2D eigenvalue weighted by Crippen LogP contribution is 2.27. The van der Waals surface area contributed by atoms with E-state index in [1.54, 1.807) is 16.8 Å². The molecule has 70 valence electrons. The summed E-state index contributed by atoms with van der Waals surface area (Å²) in [6.45, 7) is 0.697. The molecule has 1 aromatic rings.